The fourth-order valence-electron chi connectivity index (χ4n) is 1.31. The molecule has 0 aromatic rings. The van der Waals surface area contributed by atoms with Gasteiger partial charge in [0.1, 0.15) is 6.23 Å². The Morgan fingerprint density at radius 1 is 1.50 bits per heavy atom. The summed E-state index contributed by atoms with van der Waals surface area (Å²) in [5.41, 5.74) is 0. The van der Waals surface area contributed by atoms with Crippen molar-refractivity contribution in [2.24, 2.45) is 0 Å². The minimum absolute atomic E-state index is 0.279. The number of carbonyl (C=O) groups excluding carboxylic acids is 1. The molecule has 16 heavy (non-hydrogen) atoms. The van der Waals surface area contributed by atoms with Gasteiger partial charge in [-0.1, -0.05) is 19.9 Å². The van der Waals surface area contributed by atoms with Gasteiger partial charge < -0.3 is 18.6 Å². The zero-order valence-electron chi connectivity index (χ0n) is 10.4. The lowest BCUT2D eigenvalue weighted by molar-refractivity contribution is -0.119. The molecule has 0 aliphatic carbocycles. The summed E-state index contributed by atoms with van der Waals surface area (Å²) in [6.45, 7) is 7.12. The standard InChI is InChI=1S/C10H21NO4Si/c1-6-8-16(13-4,14-5)15-9(3)11-10(12)7-2/h7,9H,2,6,8H2,1,3-5H3,(H,11,12). The topological polar surface area (TPSA) is 56.8 Å². The third-order valence-corrected chi connectivity index (χ3v) is 5.13. The van der Waals surface area contributed by atoms with E-state index in [1.165, 1.54) is 6.08 Å². The Balaban J connectivity index is 4.37. The number of rotatable bonds is 8. The van der Waals surface area contributed by atoms with E-state index in [1.54, 1.807) is 21.1 Å². The number of hydrogen-bond acceptors (Lipinski definition) is 4. The normalized spacial score (nSPS) is 13.2. The van der Waals surface area contributed by atoms with Crippen LogP contribution in [0.15, 0.2) is 12.7 Å². The summed E-state index contributed by atoms with van der Waals surface area (Å²) in [7, 11) is 0.491. The lowest BCUT2D eigenvalue weighted by atomic mass is 10.5. The maximum absolute atomic E-state index is 11.1. The van der Waals surface area contributed by atoms with Gasteiger partial charge in [-0.05, 0) is 13.0 Å². The van der Waals surface area contributed by atoms with Crippen LogP contribution in [-0.4, -0.2) is 35.2 Å². The highest BCUT2D eigenvalue weighted by molar-refractivity contribution is 6.60. The molecule has 1 unspecified atom stereocenters. The van der Waals surface area contributed by atoms with Crippen LogP contribution in [0.1, 0.15) is 20.3 Å². The van der Waals surface area contributed by atoms with Crippen LogP contribution >= 0.6 is 0 Å². The van der Waals surface area contributed by atoms with Crippen LogP contribution in [0.25, 0.3) is 0 Å². The minimum atomic E-state index is -2.64. The number of nitrogens with one attached hydrogen (secondary N) is 1. The molecular weight excluding hydrogens is 226 g/mol. The first-order valence-electron chi connectivity index (χ1n) is 5.24. The van der Waals surface area contributed by atoms with E-state index in [9.17, 15) is 4.79 Å². The van der Waals surface area contributed by atoms with Crippen LogP contribution in [0.5, 0.6) is 0 Å². The molecule has 0 spiro atoms. The van der Waals surface area contributed by atoms with E-state index in [-0.39, 0.29) is 5.91 Å². The van der Waals surface area contributed by atoms with Crippen molar-refractivity contribution in [3.8, 4) is 0 Å². The minimum Gasteiger partial charge on any atom is -0.377 e. The Kier molecular flexibility index (Phi) is 7.23. The van der Waals surface area contributed by atoms with Crippen LogP contribution in [0, 0.1) is 0 Å². The van der Waals surface area contributed by atoms with Gasteiger partial charge in [0.25, 0.3) is 0 Å². The average Bonchev–Trinajstić information content (AvgIpc) is 2.28. The zero-order valence-corrected chi connectivity index (χ0v) is 11.4. The van der Waals surface area contributed by atoms with Crippen molar-refractivity contribution in [2.45, 2.75) is 32.5 Å². The summed E-state index contributed by atoms with van der Waals surface area (Å²) in [6, 6.07) is 0.717. The third-order valence-electron chi connectivity index (χ3n) is 2.07. The smallest absolute Gasteiger partial charge is 0.377 e. The van der Waals surface area contributed by atoms with Gasteiger partial charge >= 0.3 is 8.80 Å². The molecule has 0 aromatic heterocycles. The van der Waals surface area contributed by atoms with Crippen molar-refractivity contribution in [3.05, 3.63) is 12.7 Å². The molecule has 0 bridgehead atoms. The molecule has 94 valence electrons. The molecule has 6 heteroatoms. The van der Waals surface area contributed by atoms with E-state index in [0.29, 0.717) is 6.04 Å². The maximum atomic E-state index is 11.1. The highest BCUT2D eigenvalue weighted by Gasteiger charge is 2.39. The van der Waals surface area contributed by atoms with Crippen molar-refractivity contribution in [3.63, 3.8) is 0 Å². The van der Waals surface area contributed by atoms with Gasteiger partial charge in [0.05, 0.1) is 0 Å². The van der Waals surface area contributed by atoms with Crippen LogP contribution in [0.2, 0.25) is 6.04 Å². The molecule has 0 fully saturated rings. The second-order valence-electron chi connectivity index (χ2n) is 3.31. The Morgan fingerprint density at radius 2 is 2.06 bits per heavy atom. The Labute approximate surface area is 98.1 Å². The molecule has 0 aliphatic rings. The molecule has 0 rings (SSSR count). The largest absolute Gasteiger partial charge is 0.501 e. The number of hydrogen-bond donors (Lipinski definition) is 1. The van der Waals surface area contributed by atoms with Crippen LogP contribution in [0.4, 0.5) is 0 Å². The van der Waals surface area contributed by atoms with E-state index in [0.717, 1.165) is 6.42 Å². The monoisotopic (exact) mass is 247 g/mol. The quantitative estimate of drug-likeness (QED) is 0.399. The molecule has 1 atom stereocenters. The molecule has 0 aromatic carbocycles. The van der Waals surface area contributed by atoms with E-state index < -0.39 is 15.0 Å². The predicted octanol–water partition coefficient (Wildman–Crippen LogP) is 1.29. The molecule has 0 aliphatic heterocycles. The summed E-state index contributed by atoms with van der Waals surface area (Å²) in [6.07, 6.45) is 1.64. The Morgan fingerprint density at radius 3 is 2.44 bits per heavy atom. The molecule has 1 N–H and O–H groups in total. The van der Waals surface area contributed by atoms with Crippen molar-refractivity contribution >= 4 is 14.7 Å². The molecule has 0 saturated heterocycles. The summed E-state index contributed by atoms with van der Waals surface area (Å²) in [5, 5.41) is 2.61. The van der Waals surface area contributed by atoms with Gasteiger partial charge in [-0.3, -0.25) is 4.79 Å². The Hall–Kier alpha value is -0.693. The maximum Gasteiger partial charge on any atom is 0.501 e. The second kappa shape index (κ2) is 7.56. The third kappa shape index (κ3) is 4.89. The first-order chi connectivity index (χ1) is 7.53. The van der Waals surface area contributed by atoms with E-state index >= 15 is 0 Å². The van der Waals surface area contributed by atoms with Crippen LogP contribution < -0.4 is 5.32 Å². The number of carbonyl (C=O) groups is 1. The molecule has 0 heterocycles. The highest BCUT2D eigenvalue weighted by atomic mass is 28.4. The molecule has 1 amide bonds. The first kappa shape index (κ1) is 15.3. The fourth-order valence-corrected chi connectivity index (χ4v) is 3.40. The second-order valence-corrected chi connectivity index (χ2v) is 6.23. The van der Waals surface area contributed by atoms with E-state index in [2.05, 4.69) is 11.9 Å². The van der Waals surface area contributed by atoms with Gasteiger partial charge in [0.15, 0.2) is 0 Å². The Bertz CT molecular complexity index is 231. The van der Waals surface area contributed by atoms with Crippen molar-refractivity contribution in [1.29, 1.82) is 0 Å². The summed E-state index contributed by atoms with van der Waals surface area (Å²) in [5.74, 6) is -0.279. The molecular formula is C10H21NO4Si. The van der Waals surface area contributed by atoms with Crippen molar-refractivity contribution < 1.29 is 18.1 Å². The molecule has 0 saturated carbocycles. The van der Waals surface area contributed by atoms with Crippen LogP contribution in [-0.2, 0) is 18.1 Å². The van der Waals surface area contributed by atoms with Gasteiger partial charge in [-0.15, -0.1) is 0 Å². The van der Waals surface area contributed by atoms with Gasteiger partial charge in [0.2, 0.25) is 5.91 Å². The number of amides is 1. The van der Waals surface area contributed by atoms with E-state index in [1.807, 2.05) is 6.92 Å². The predicted molar refractivity (Wildman–Crippen MR) is 63.8 cm³/mol. The van der Waals surface area contributed by atoms with Crippen molar-refractivity contribution in [1.82, 2.24) is 5.32 Å². The lowest BCUT2D eigenvalue weighted by Crippen LogP contribution is -2.50. The van der Waals surface area contributed by atoms with Gasteiger partial charge in [-0.2, -0.15) is 0 Å². The summed E-state index contributed by atoms with van der Waals surface area (Å²) in [4.78, 5) is 11.1. The van der Waals surface area contributed by atoms with Crippen molar-refractivity contribution in [2.75, 3.05) is 14.2 Å². The molecule has 0 radical (unpaired) electrons. The van der Waals surface area contributed by atoms with E-state index in [4.69, 9.17) is 13.3 Å². The SMILES string of the molecule is C=CC(=O)NC(C)O[Si](CCC)(OC)OC. The summed E-state index contributed by atoms with van der Waals surface area (Å²) < 4.78 is 16.3. The lowest BCUT2D eigenvalue weighted by Gasteiger charge is -2.29. The first-order valence-corrected chi connectivity index (χ1v) is 7.17. The highest BCUT2D eigenvalue weighted by Crippen LogP contribution is 2.17. The molecule has 5 nitrogen and oxygen atoms in total. The zero-order chi connectivity index (χ0) is 12.6. The van der Waals surface area contributed by atoms with Crippen LogP contribution in [0.3, 0.4) is 0 Å². The average molecular weight is 247 g/mol. The van der Waals surface area contributed by atoms with Gasteiger partial charge in [-0.25, -0.2) is 0 Å². The fraction of sp³-hybridized carbons (Fsp3) is 0.700. The summed E-state index contributed by atoms with van der Waals surface area (Å²) >= 11 is 0. The van der Waals surface area contributed by atoms with Gasteiger partial charge in [0, 0.05) is 20.3 Å².